The maximum Gasteiger partial charge on any atom is 0.293 e. The van der Waals surface area contributed by atoms with Crippen LogP contribution in [0.1, 0.15) is 50.5 Å². The van der Waals surface area contributed by atoms with Crippen molar-refractivity contribution in [2.24, 2.45) is 7.05 Å². The molecule has 4 rings (SSSR count). The van der Waals surface area contributed by atoms with Gasteiger partial charge in [0.1, 0.15) is 23.2 Å². The first-order valence-electron chi connectivity index (χ1n) is 12.2. The first-order valence-corrected chi connectivity index (χ1v) is 13.4. The number of nitrogens with zero attached hydrogens (tertiary/aromatic N) is 4. The molecule has 7 nitrogen and oxygen atoms in total. The molecule has 1 atom stereocenters. The predicted octanol–water partition coefficient (Wildman–Crippen LogP) is 7.29. The molecule has 198 valence electrons. The topological polar surface area (TPSA) is 79.1 Å². The van der Waals surface area contributed by atoms with Crippen molar-refractivity contribution in [1.82, 2.24) is 20.0 Å². The van der Waals surface area contributed by atoms with Crippen LogP contribution in [0.5, 0.6) is 0 Å². The Morgan fingerprint density at radius 2 is 2.00 bits per heavy atom. The highest BCUT2D eigenvalue weighted by atomic mass is 35.5. The Morgan fingerprint density at radius 3 is 2.68 bits per heavy atom. The number of aryl methyl sites for hydroxylation is 2. The number of thiazole rings is 1. The minimum absolute atomic E-state index is 0.0720. The number of hydrogen-bond donors (Lipinski definition) is 0. The van der Waals surface area contributed by atoms with Crippen LogP contribution in [0.2, 0.25) is 0 Å². The fourth-order valence-corrected chi connectivity index (χ4v) is 5.52. The first-order chi connectivity index (χ1) is 18.0. The largest absolute Gasteiger partial charge is 0.465 e. The normalized spacial score (nSPS) is 13.5. The fraction of sp³-hybridized carbons (Fsp3) is 0.310. The summed E-state index contributed by atoms with van der Waals surface area (Å²) in [5.74, 6) is 0. The summed E-state index contributed by atoms with van der Waals surface area (Å²) in [6.07, 6.45) is 5.01. The molecule has 0 aliphatic carbocycles. The van der Waals surface area contributed by atoms with Gasteiger partial charge in [-0.15, -0.1) is 16.4 Å². The van der Waals surface area contributed by atoms with Gasteiger partial charge in [0.25, 0.3) is 6.47 Å². The molecular formula is C29H31ClN4O3S. The van der Waals surface area contributed by atoms with Crippen LogP contribution in [0.4, 0.5) is 0 Å². The molecule has 0 bridgehead atoms. The van der Waals surface area contributed by atoms with Crippen molar-refractivity contribution in [3.63, 3.8) is 0 Å². The summed E-state index contributed by atoms with van der Waals surface area (Å²) < 4.78 is 14.4. The van der Waals surface area contributed by atoms with E-state index < -0.39 is 11.7 Å². The summed E-state index contributed by atoms with van der Waals surface area (Å²) in [5, 5.41) is 9.76. The van der Waals surface area contributed by atoms with E-state index in [1.807, 2.05) is 84.2 Å². The Balaban J connectivity index is 1.96. The molecule has 0 N–H and O–H groups in total. The molecule has 2 aromatic heterocycles. The average Bonchev–Trinajstić information content (AvgIpc) is 3.46. The van der Waals surface area contributed by atoms with Crippen molar-refractivity contribution in [3.8, 4) is 10.6 Å². The zero-order valence-corrected chi connectivity index (χ0v) is 24.0. The second-order valence-corrected chi connectivity index (χ2v) is 11.4. The highest BCUT2D eigenvalue weighted by Gasteiger charge is 2.28. The number of fused-ring (bicyclic) bond motifs is 2. The van der Waals surface area contributed by atoms with Crippen molar-refractivity contribution in [2.45, 2.75) is 46.3 Å². The van der Waals surface area contributed by atoms with Gasteiger partial charge < -0.3 is 9.47 Å². The molecule has 9 heteroatoms. The highest BCUT2D eigenvalue weighted by molar-refractivity contribution is 7.22. The summed E-state index contributed by atoms with van der Waals surface area (Å²) in [7, 11) is 1.87. The second-order valence-electron chi connectivity index (χ2n) is 9.95. The molecular weight excluding hydrogens is 520 g/mol. The van der Waals surface area contributed by atoms with E-state index in [2.05, 4.69) is 16.9 Å². The van der Waals surface area contributed by atoms with E-state index in [0.29, 0.717) is 11.5 Å². The van der Waals surface area contributed by atoms with Gasteiger partial charge in [0.15, 0.2) is 0 Å². The Hall–Kier alpha value is -3.33. The molecule has 2 heterocycles. The molecule has 0 spiro atoms. The summed E-state index contributed by atoms with van der Waals surface area (Å²) in [6.45, 7) is 14.7. The van der Waals surface area contributed by atoms with Crippen LogP contribution in [-0.4, -0.2) is 38.7 Å². The van der Waals surface area contributed by atoms with Gasteiger partial charge in [0.2, 0.25) is 0 Å². The fourth-order valence-electron chi connectivity index (χ4n) is 4.32. The standard InChI is InChI=1S/C29H31ClN4O3S/c1-8-20(30)11-9-17(2)26-25(24(15-36-16-35)37-29(4,5)6)18(3)13-22-27(26)38-28(31-22)19-10-12-21-23(14-19)34(7)33-32-21/h8-14,16,24H,2,15H2,1,3-7H3. The van der Waals surface area contributed by atoms with Crippen LogP contribution < -0.4 is 0 Å². The van der Waals surface area contributed by atoms with Crippen LogP contribution in [-0.2, 0) is 21.3 Å². The summed E-state index contributed by atoms with van der Waals surface area (Å²) >= 11 is 7.84. The summed E-state index contributed by atoms with van der Waals surface area (Å²) in [5.41, 5.74) is 6.61. The average molecular weight is 551 g/mol. The molecule has 0 amide bonds. The van der Waals surface area contributed by atoms with E-state index in [4.69, 9.17) is 26.1 Å². The lowest BCUT2D eigenvalue weighted by atomic mass is 9.91. The van der Waals surface area contributed by atoms with Gasteiger partial charge in [-0.05, 0) is 81.7 Å². The van der Waals surface area contributed by atoms with Gasteiger partial charge in [-0.1, -0.05) is 35.5 Å². The lowest BCUT2D eigenvalue weighted by Crippen LogP contribution is -2.26. The number of benzene rings is 2. The molecule has 0 aliphatic rings. The quantitative estimate of drug-likeness (QED) is 0.161. The zero-order valence-electron chi connectivity index (χ0n) is 22.4. The summed E-state index contributed by atoms with van der Waals surface area (Å²) in [4.78, 5) is 16.1. The Bertz CT molecular complexity index is 1580. The third kappa shape index (κ3) is 5.88. The van der Waals surface area contributed by atoms with Gasteiger partial charge in [0.05, 0.1) is 21.3 Å². The third-order valence-electron chi connectivity index (χ3n) is 5.96. The lowest BCUT2D eigenvalue weighted by molar-refractivity contribution is -0.139. The number of ether oxygens (including phenoxy) is 2. The molecule has 2 aromatic carbocycles. The summed E-state index contributed by atoms with van der Waals surface area (Å²) in [6, 6.07) is 8.05. The highest BCUT2D eigenvalue weighted by Crippen LogP contribution is 2.42. The predicted molar refractivity (Wildman–Crippen MR) is 155 cm³/mol. The van der Waals surface area contributed by atoms with Crippen molar-refractivity contribution < 1.29 is 14.3 Å². The minimum Gasteiger partial charge on any atom is -0.465 e. The maximum absolute atomic E-state index is 11.1. The smallest absolute Gasteiger partial charge is 0.293 e. The van der Waals surface area contributed by atoms with Gasteiger partial charge in [-0.25, -0.2) is 9.67 Å². The van der Waals surface area contributed by atoms with Gasteiger partial charge >= 0.3 is 0 Å². The van der Waals surface area contributed by atoms with Gasteiger partial charge in [0, 0.05) is 23.2 Å². The molecule has 0 aliphatic heterocycles. The van der Waals surface area contributed by atoms with E-state index in [-0.39, 0.29) is 6.61 Å². The van der Waals surface area contributed by atoms with Crippen LogP contribution >= 0.6 is 22.9 Å². The second kappa shape index (κ2) is 11.2. The Labute approximate surface area is 231 Å². The molecule has 1 unspecified atom stereocenters. The number of aromatic nitrogens is 4. The van der Waals surface area contributed by atoms with Crippen LogP contribution in [0.3, 0.4) is 0 Å². The number of halogens is 1. The minimum atomic E-state index is -0.510. The molecule has 0 fully saturated rings. The number of allylic oxidation sites excluding steroid dienone is 5. The molecule has 0 saturated heterocycles. The lowest BCUT2D eigenvalue weighted by Gasteiger charge is -2.30. The monoisotopic (exact) mass is 550 g/mol. The van der Waals surface area contributed by atoms with E-state index in [1.54, 1.807) is 16.0 Å². The molecule has 0 saturated carbocycles. The van der Waals surface area contributed by atoms with Crippen molar-refractivity contribution >= 4 is 56.2 Å². The Kier molecular flexibility index (Phi) is 8.16. The SMILES string of the molecule is C=C(C=CC(Cl)=CC)c1c(C(COC=O)OC(C)(C)C)c(C)cc2nc(-c3ccc4nnn(C)c4c3)sc12. The van der Waals surface area contributed by atoms with E-state index in [0.717, 1.165) is 54.1 Å². The number of carbonyl (C=O) groups is 1. The molecule has 4 aromatic rings. The van der Waals surface area contributed by atoms with E-state index >= 15 is 0 Å². The van der Waals surface area contributed by atoms with Crippen LogP contribution in [0.25, 0.3) is 37.4 Å². The van der Waals surface area contributed by atoms with E-state index in [1.165, 1.54) is 0 Å². The first kappa shape index (κ1) is 27.7. The van der Waals surface area contributed by atoms with Crippen LogP contribution in [0.15, 0.2) is 54.1 Å². The van der Waals surface area contributed by atoms with Crippen molar-refractivity contribution in [3.05, 3.63) is 70.8 Å². The third-order valence-corrected chi connectivity index (χ3v) is 7.44. The van der Waals surface area contributed by atoms with Crippen molar-refractivity contribution in [1.29, 1.82) is 0 Å². The molecule has 0 radical (unpaired) electrons. The maximum atomic E-state index is 11.1. The van der Waals surface area contributed by atoms with Crippen molar-refractivity contribution in [2.75, 3.05) is 6.61 Å². The van der Waals surface area contributed by atoms with E-state index in [9.17, 15) is 4.79 Å². The van der Waals surface area contributed by atoms with Crippen LogP contribution in [0, 0.1) is 6.92 Å². The number of rotatable bonds is 9. The van der Waals surface area contributed by atoms with Gasteiger partial charge in [-0.2, -0.15) is 0 Å². The Morgan fingerprint density at radius 1 is 1.24 bits per heavy atom. The number of carbonyl (C=O) groups excluding carboxylic acids is 1. The molecule has 38 heavy (non-hydrogen) atoms. The van der Waals surface area contributed by atoms with Gasteiger partial charge in [-0.3, -0.25) is 4.79 Å². The zero-order chi connectivity index (χ0) is 27.6. The number of hydrogen-bond acceptors (Lipinski definition) is 7.